The van der Waals surface area contributed by atoms with Gasteiger partial charge in [0, 0.05) is 32.3 Å². The molecule has 0 heterocycles. The van der Waals surface area contributed by atoms with Crippen LogP contribution >= 0.6 is 0 Å². The number of nitrogens with one attached hydrogen (secondary N) is 3. The van der Waals surface area contributed by atoms with E-state index in [4.69, 9.17) is 4.74 Å². The smallest absolute Gasteiger partial charge is 0.314 e. The molecule has 2 atom stereocenters. The highest BCUT2D eigenvalue weighted by Gasteiger charge is 2.15. The van der Waals surface area contributed by atoms with Crippen LogP contribution in [0.25, 0.3) is 0 Å². The highest BCUT2D eigenvalue weighted by atomic mass is 16.5. The Hall–Kier alpha value is -1.59. The zero-order chi connectivity index (χ0) is 17.1. The molecule has 0 saturated carbocycles. The van der Waals surface area contributed by atoms with Crippen molar-refractivity contribution < 1.29 is 9.53 Å². The van der Waals surface area contributed by atoms with Crippen molar-refractivity contribution >= 4 is 6.03 Å². The second-order valence-electron chi connectivity index (χ2n) is 6.26. The van der Waals surface area contributed by atoms with Gasteiger partial charge < -0.3 is 20.7 Å². The number of rotatable bonds is 10. The van der Waals surface area contributed by atoms with E-state index in [9.17, 15) is 4.79 Å². The van der Waals surface area contributed by atoms with Gasteiger partial charge in [-0.2, -0.15) is 0 Å². The molecule has 5 heteroatoms. The Labute approximate surface area is 140 Å². The van der Waals surface area contributed by atoms with Gasteiger partial charge in [0.2, 0.25) is 0 Å². The van der Waals surface area contributed by atoms with Crippen LogP contribution in [0.1, 0.15) is 38.8 Å². The number of carbonyl (C=O) groups is 1. The van der Waals surface area contributed by atoms with Crippen molar-refractivity contribution in [2.75, 3.05) is 26.8 Å². The van der Waals surface area contributed by atoms with Gasteiger partial charge in [-0.3, -0.25) is 0 Å². The number of benzene rings is 1. The number of methoxy groups -OCH3 is 1. The highest BCUT2D eigenvalue weighted by molar-refractivity contribution is 5.73. The predicted molar refractivity (Wildman–Crippen MR) is 94.5 cm³/mol. The van der Waals surface area contributed by atoms with Crippen molar-refractivity contribution in [3.8, 4) is 0 Å². The number of urea groups is 1. The lowest BCUT2D eigenvalue weighted by Crippen LogP contribution is -2.46. The van der Waals surface area contributed by atoms with Gasteiger partial charge in [0.05, 0.1) is 6.61 Å². The summed E-state index contributed by atoms with van der Waals surface area (Å²) in [5.74, 6) is 0.564. The molecule has 0 fully saturated rings. The topological polar surface area (TPSA) is 62.4 Å². The van der Waals surface area contributed by atoms with Crippen molar-refractivity contribution in [1.29, 1.82) is 0 Å². The standard InChI is InChI=1S/C18H31N3O2/c1-14(2)12-17(13-20-18(22)19-10-11-23-4)21-15(3)16-8-6-5-7-9-16/h5-9,14-15,17,21H,10-13H2,1-4H3,(H2,19,20,22)/t15-,17+/m1/s1. The van der Waals surface area contributed by atoms with Gasteiger partial charge in [-0.05, 0) is 24.8 Å². The summed E-state index contributed by atoms with van der Waals surface area (Å²) in [5, 5.41) is 9.33. The van der Waals surface area contributed by atoms with Crippen LogP contribution in [0.3, 0.4) is 0 Å². The minimum atomic E-state index is -0.148. The minimum absolute atomic E-state index is 0.148. The molecule has 0 spiro atoms. The number of carbonyl (C=O) groups excluding carboxylic acids is 1. The van der Waals surface area contributed by atoms with Crippen LogP contribution in [0.2, 0.25) is 0 Å². The Morgan fingerprint density at radius 3 is 2.43 bits per heavy atom. The van der Waals surface area contributed by atoms with Crippen LogP contribution < -0.4 is 16.0 Å². The Balaban J connectivity index is 2.47. The fraction of sp³-hybridized carbons (Fsp3) is 0.611. The van der Waals surface area contributed by atoms with Gasteiger partial charge >= 0.3 is 6.03 Å². The van der Waals surface area contributed by atoms with Crippen LogP contribution in [0, 0.1) is 5.92 Å². The highest BCUT2D eigenvalue weighted by Crippen LogP contribution is 2.14. The number of hydrogen-bond donors (Lipinski definition) is 3. The molecule has 3 N–H and O–H groups in total. The molecule has 0 aliphatic rings. The molecule has 0 aliphatic heterocycles. The van der Waals surface area contributed by atoms with Crippen molar-refractivity contribution in [1.82, 2.24) is 16.0 Å². The van der Waals surface area contributed by atoms with E-state index in [1.807, 2.05) is 18.2 Å². The predicted octanol–water partition coefficient (Wildman–Crippen LogP) is 2.70. The molecular weight excluding hydrogens is 290 g/mol. The minimum Gasteiger partial charge on any atom is -0.383 e. The third-order valence-corrected chi connectivity index (χ3v) is 3.64. The Kier molecular flexibility index (Phi) is 9.33. The van der Waals surface area contributed by atoms with Crippen molar-refractivity contribution in [3.05, 3.63) is 35.9 Å². The molecule has 2 amide bonds. The van der Waals surface area contributed by atoms with E-state index in [1.165, 1.54) is 5.56 Å². The summed E-state index contributed by atoms with van der Waals surface area (Å²) < 4.78 is 4.92. The molecule has 0 radical (unpaired) electrons. The molecule has 1 rings (SSSR count). The maximum Gasteiger partial charge on any atom is 0.314 e. The van der Waals surface area contributed by atoms with E-state index in [2.05, 4.69) is 48.9 Å². The Morgan fingerprint density at radius 1 is 1.13 bits per heavy atom. The van der Waals surface area contributed by atoms with Gasteiger partial charge in [0.1, 0.15) is 0 Å². The lowest BCUT2D eigenvalue weighted by Gasteiger charge is -2.25. The second-order valence-corrected chi connectivity index (χ2v) is 6.26. The lowest BCUT2D eigenvalue weighted by molar-refractivity contribution is 0.195. The van der Waals surface area contributed by atoms with E-state index < -0.39 is 0 Å². The van der Waals surface area contributed by atoms with Gasteiger partial charge in [-0.15, -0.1) is 0 Å². The summed E-state index contributed by atoms with van der Waals surface area (Å²) in [4.78, 5) is 11.8. The zero-order valence-electron chi connectivity index (χ0n) is 14.8. The lowest BCUT2D eigenvalue weighted by atomic mass is 10.0. The summed E-state index contributed by atoms with van der Waals surface area (Å²) in [5.41, 5.74) is 1.26. The summed E-state index contributed by atoms with van der Waals surface area (Å²) in [6.07, 6.45) is 1.01. The first-order valence-electron chi connectivity index (χ1n) is 8.34. The zero-order valence-corrected chi connectivity index (χ0v) is 14.8. The van der Waals surface area contributed by atoms with E-state index >= 15 is 0 Å². The first-order valence-corrected chi connectivity index (χ1v) is 8.34. The van der Waals surface area contributed by atoms with Gasteiger partial charge in [0.15, 0.2) is 0 Å². The monoisotopic (exact) mass is 321 g/mol. The summed E-state index contributed by atoms with van der Waals surface area (Å²) in [6, 6.07) is 10.7. The molecule has 0 unspecified atom stereocenters. The largest absolute Gasteiger partial charge is 0.383 e. The van der Waals surface area contributed by atoms with Crippen molar-refractivity contribution in [2.24, 2.45) is 5.92 Å². The van der Waals surface area contributed by atoms with E-state index in [-0.39, 0.29) is 18.1 Å². The average Bonchev–Trinajstić information content (AvgIpc) is 2.53. The van der Waals surface area contributed by atoms with E-state index in [0.717, 1.165) is 6.42 Å². The fourth-order valence-electron chi connectivity index (χ4n) is 2.52. The van der Waals surface area contributed by atoms with Crippen molar-refractivity contribution in [2.45, 2.75) is 39.3 Å². The number of ether oxygens (including phenoxy) is 1. The first kappa shape index (κ1) is 19.5. The Bertz CT molecular complexity index is 437. The molecule has 0 saturated heterocycles. The van der Waals surface area contributed by atoms with Crippen LogP contribution in [-0.2, 0) is 4.74 Å². The average molecular weight is 321 g/mol. The molecule has 1 aromatic rings. The first-order chi connectivity index (χ1) is 11.0. The SMILES string of the molecule is COCCNC(=O)NC[C@H](CC(C)C)N[C@H](C)c1ccccc1. The van der Waals surface area contributed by atoms with Crippen molar-refractivity contribution in [3.63, 3.8) is 0 Å². The maximum atomic E-state index is 11.8. The van der Waals surface area contributed by atoms with Crippen LogP contribution in [0.4, 0.5) is 4.79 Å². The van der Waals surface area contributed by atoms with Gasteiger partial charge in [0.25, 0.3) is 0 Å². The normalized spacial score (nSPS) is 13.6. The van der Waals surface area contributed by atoms with E-state index in [0.29, 0.717) is 25.6 Å². The summed E-state index contributed by atoms with van der Waals surface area (Å²) in [7, 11) is 1.62. The third-order valence-electron chi connectivity index (χ3n) is 3.64. The molecule has 0 aromatic heterocycles. The van der Waals surface area contributed by atoms with E-state index in [1.54, 1.807) is 7.11 Å². The third kappa shape index (κ3) is 8.57. The van der Waals surface area contributed by atoms with Crippen LogP contribution in [0.5, 0.6) is 0 Å². The summed E-state index contributed by atoms with van der Waals surface area (Å²) in [6.45, 7) is 8.19. The Morgan fingerprint density at radius 2 is 1.83 bits per heavy atom. The molecule has 0 bridgehead atoms. The molecule has 5 nitrogen and oxygen atoms in total. The number of hydrogen-bond acceptors (Lipinski definition) is 3. The molecule has 0 aliphatic carbocycles. The maximum absolute atomic E-state index is 11.8. The summed E-state index contributed by atoms with van der Waals surface area (Å²) >= 11 is 0. The molecule has 1 aromatic carbocycles. The molecule has 23 heavy (non-hydrogen) atoms. The number of amides is 2. The second kappa shape index (κ2) is 11.0. The van der Waals surface area contributed by atoms with Gasteiger partial charge in [-0.1, -0.05) is 44.2 Å². The van der Waals surface area contributed by atoms with Gasteiger partial charge in [-0.25, -0.2) is 4.79 Å². The molecule has 130 valence electrons. The van der Waals surface area contributed by atoms with Crippen LogP contribution in [-0.4, -0.2) is 38.9 Å². The fourth-order valence-corrected chi connectivity index (χ4v) is 2.52. The molecular formula is C18H31N3O2. The van der Waals surface area contributed by atoms with Crippen LogP contribution in [0.15, 0.2) is 30.3 Å². The quantitative estimate of drug-likeness (QED) is 0.581.